The summed E-state index contributed by atoms with van der Waals surface area (Å²) >= 11 is 0. The highest BCUT2D eigenvalue weighted by Gasteiger charge is 2.18. The van der Waals surface area contributed by atoms with E-state index in [-0.39, 0.29) is 0 Å². The summed E-state index contributed by atoms with van der Waals surface area (Å²) in [5, 5.41) is 0. The van der Waals surface area contributed by atoms with E-state index in [1.165, 1.54) is 24.9 Å². The molecular formula is C16H26N2O. The van der Waals surface area contributed by atoms with Crippen molar-refractivity contribution in [3.05, 3.63) is 29.8 Å². The fraction of sp³-hybridized carbons (Fsp3) is 0.625. The first-order valence-electron chi connectivity index (χ1n) is 7.46. The van der Waals surface area contributed by atoms with Gasteiger partial charge in [-0.05, 0) is 56.0 Å². The molecule has 0 spiro atoms. The molecule has 1 aromatic carbocycles. The number of hydrogen-bond donors (Lipinski definition) is 1. The van der Waals surface area contributed by atoms with Gasteiger partial charge < -0.3 is 10.5 Å². The number of nitrogens with two attached hydrogens (primary N) is 1. The van der Waals surface area contributed by atoms with Crippen LogP contribution in [0.3, 0.4) is 0 Å². The SMILES string of the molecule is CCCOc1cccc(CN2CCCC(CN)C2)c1. The summed E-state index contributed by atoms with van der Waals surface area (Å²) in [5.41, 5.74) is 7.13. The monoisotopic (exact) mass is 262 g/mol. The molecule has 0 saturated carbocycles. The number of nitrogens with zero attached hydrogens (tertiary/aromatic N) is 1. The van der Waals surface area contributed by atoms with Gasteiger partial charge in [-0.3, -0.25) is 4.90 Å². The maximum Gasteiger partial charge on any atom is 0.119 e. The lowest BCUT2D eigenvalue weighted by Crippen LogP contribution is -2.37. The first-order chi connectivity index (χ1) is 9.31. The minimum Gasteiger partial charge on any atom is -0.494 e. The third kappa shape index (κ3) is 4.51. The average molecular weight is 262 g/mol. The molecule has 0 amide bonds. The zero-order valence-corrected chi connectivity index (χ0v) is 12.0. The fourth-order valence-electron chi connectivity index (χ4n) is 2.70. The summed E-state index contributed by atoms with van der Waals surface area (Å²) in [6, 6.07) is 8.48. The molecule has 0 aliphatic carbocycles. The molecule has 1 aromatic rings. The van der Waals surface area contributed by atoms with Crippen LogP contribution in [0.5, 0.6) is 5.75 Å². The largest absolute Gasteiger partial charge is 0.494 e. The van der Waals surface area contributed by atoms with Crippen molar-refractivity contribution in [3.63, 3.8) is 0 Å². The molecule has 1 heterocycles. The van der Waals surface area contributed by atoms with Crippen molar-refractivity contribution in [2.75, 3.05) is 26.2 Å². The van der Waals surface area contributed by atoms with Crippen molar-refractivity contribution >= 4 is 0 Å². The van der Waals surface area contributed by atoms with Crippen LogP contribution in [0.15, 0.2) is 24.3 Å². The van der Waals surface area contributed by atoms with Crippen LogP contribution in [0, 0.1) is 5.92 Å². The minimum atomic E-state index is 0.674. The molecule has 3 nitrogen and oxygen atoms in total. The number of ether oxygens (including phenoxy) is 1. The molecule has 1 fully saturated rings. The molecule has 3 heteroatoms. The van der Waals surface area contributed by atoms with Crippen LogP contribution in [0.4, 0.5) is 0 Å². The first kappa shape index (κ1) is 14.4. The van der Waals surface area contributed by atoms with Gasteiger partial charge >= 0.3 is 0 Å². The second-order valence-electron chi connectivity index (χ2n) is 5.47. The Kier molecular flexibility index (Phi) is 5.67. The molecule has 1 atom stereocenters. The highest BCUT2D eigenvalue weighted by molar-refractivity contribution is 5.28. The van der Waals surface area contributed by atoms with Crippen LogP contribution >= 0.6 is 0 Å². The number of benzene rings is 1. The summed E-state index contributed by atoms with van der Waals surface area (Å²) in [6.07, 6.45) is 3.61. The normalized spacial score (nSPS) is 20.4. The van der Waals surface area contributed by atoms with E-state index in [2.05, 4.69) is 30.0 Å². The smallest absolute Gasteiger partial charge is 0.119 e. The van der Waals surface area contributed by atoms with Gasteiger partial charge in [0.1, 0.15) is 5.75 Å². The minimum absolute atomic E-state index is 0.674. The maximum absolute atomic E-state index is 5.79. The van der Waals surface area contributed by atoms with Gasteiger partial charge in [-0.2, -0.15) is 0 Å². The first-order valence-corrected chi connectivity index (χ1v) is 7.46. The van der Waals surface area contributed by atoms with Gasteiger partial charge in [-0.15, -0.1) is 0 Å². The average Bonchev–Trinajstić information content (AvgIpc) is 2.46. The maximum atomic E-state index is 5.79. The van der Waals surface area contributed by atoms with Gasteiger partial charge in [0.15, 0.2) is 0 Å². The fourth-order valence-corrected chi connectivity index (χ4v) is 2.70. The Balaban J connectivity index is 1.90. The van der Waals surface area contributed by atoms with Crippen molar-refractivity contribution in [1.82, 2.24) is 4.90 Å². The number of rotatable bonds is 6. The number of hydrogen-bond acceptors (Lipinski definition) is 3. The zero-order chi connectivity index (χ0) is 13.5. The van der Waals surface area contributed by atoms with E-state index in [4.69, 9.17) is 10.5 Å². The van der Waals surface area contributed by atoms with E-state index in [0.29, 0.717) is 5.92 Å². The molecule has 1 aliphatic rings. The second kappa shape index (κ2) is 7.51. The van der Waals surface area contributed by atoms with E-state index >= 15 is 0 Å². The topological polar surface area (TPSA) is 38.5 Å². The molecule has 1 saturated heterocycles. The quantitative estimate of drug-likeness (QED) is 0.856. The van der Waals surface area contributed by atoms with Gasteiger partial charge in [0.2, 0.25) is 0 Å². The summed E-state index contributed by atoms with van der Waals surface area (Å²) in [7, 11) is 0. The Hall–Kier alpha value is -1.06. The second-order valence-corrected chi connectivity index (χ2v) is 5.47. The predicted molar refractivity (Wildman–Crippen MR) is 79.3 cm³/mol. The Morgan fingerprint density at radius 2 is 2.32 bits per heavy atom. The van der Waals surface area contributed by atoms with E-state index in [1.807, 2.05) is 6.07 Å². The van der Waals surface area contributed by atoms with Crippen LogP contribution in [0.25, 0.3) is 0 Å². The number of likely N-dealkylation sites (tertiary alicyclic amines) is 1. The van der Waals surface area contributed by atoms with Gasteiger partial charge in [0.05, 0.1) is 6.61 Å². The molecule has 0 bridgehead atoms. The van der Waals surface area contributed by atoms with Crippen LogP contribution in [-0.4, -0.2) is 31.1 Å². The van der Waals surface area contributed by atoms with E-state index in [9.17, 15) is 0 Å². The van der Waals surface area contributed by atoms with Gasteiger partial charge in [0.25, 0.3) is 0 Å². The van der Waals surface area contributed by atoms with E-state index < -0.39 is 0 Å². The molecule has 1 aliphatic heterocycles. The Morgan fingerprint density at radius 3 is 3.11 bits per heavy atom. The standard InChI is InChI=1S/C16H26N2O/c1-2-9-19-16-7-3-5-14(10-16)12-18-8-4-6-15(11-17)13-18/h3,5,7,10,15H,2,4,6,8-9,11-13,17H2,1H3. The lowest BCUT2D eigenvalue weighted by molar-refractivity contribution is 0.171. The highest BCUT2D eigenvalue weighted by atomic mass is 16.5. The highest BCUT2D eigenvalue weighted by Crippen LogP contribution is 2.20. The van der Waals surface area contributed by atoms with Gasteiger partial charge in [0, 0.05) is 13.1 Å². The predicted octanol–water partition coefficient (Wildman–Crippen LogP) is 2.65. The summed E-state index contributed by atoms with van der Waals surface area (Å²) < 4.78 is 5.69. The molecule has 1 unspecified atom stereocenters. The molecule has 2 rings (SSSR count). The van der Waals surface area contributed by atoms with Crippen LogP contribution in [0.2, 0.25) is 0 Å². The van der Waals surface area contributed by atoms with Crippen molar-refractivity contribution in [2.24, 2.45) is 11.7 Å². The van der Waals surface area contributed by atoms with Gasteiger partial charge in [-0.1, -0.05) is 19.1 Å². The lowest BCUT2D eigenvalue weighted by Gasteiger charge is -2.32. The summed E-state index contributed by atoms with van der Waals surface area (Å²) in [6.45, 7) is 7.08. The van der Waals surface area contributed by atoms with Crippen LogP contribution in [-0.2, 0) is 6.54 Å². The lowest BCUT2D eigenvalue weighted by atomic mass is 9.98. The third-order valence-electron chi connectivity index (χ3n) is 3.71. The molecular weight excluding hydrogens is 236 g/mol. The molecule has 0 aromatic heterocycles. The Labute approximate surface area is 116 Å². The number of piperidine rings is 1. The van der Waals surface area contributed by atoms with Crippen LogP contribution in [0.1, 0.15) is 31.7 Å². The molecule has 19 heavy (non-hydrogen) atoms. The van der Waals surface area contributed by atoms with Crippen molar-refractivity contribution in [3.8, 4) is 5.75 Å². The Morgan fingerprint density at radius 1 is 1.42 bits per heavy atom. The van der Waals surface area contributed by atoms with E-state index in [1.54, 1.807) is 0 Å². The van der Waals surface area contributed by atoms with Gasteiger partial charge in [-0.25, -0.2) is 0 Å². The summed E-state index contributed by atoms with van der Waals surface area (Å²) in [4.78, 5) is 2.51. The zero-order valence-electron chi connectivity index (χ0n) is 12.0. The van der Waals surface area contributed by atoms with Crippen molar-refractivity contribution in [1.29, 1.82) is 0 Å². The molecule has 2 N–H and O–H groups in total. The Bertz CT molecular complexity index is 381. The van der Waals surface area contributed by atoms with E-state index in [0.717, 1.165) is 38.4 Å². The van der Waals surface area contributed by atoms with Crippen molar-refractivity contribution < 1.29 is 4.74 Å². The molecule has 0 radical (unpaired) electrons. The molecule has 106 valence electrons. The van der Waals surface area contributed by atoms with Crippen molar-refractivity contribution in [2.45, 2.75) is 32.7 Å². The summed E-state index contributed by atoms with van der Waals surface area (Å²) in [5.74, 6) is 1.67. The third-order valence-corrected chi connectivity index (χ3v) is 3.71. The van der Waals surface area contributed by atoms with Crippen LogP contribution < -0.4 is 10.5 Å².